The van der Waals surface area contributed by atoms with Crippen LogP contribution in [0.5, 0.6) is 0 Å². The number of benzene rings is 1. The van der Waals surface area contributed by atoms with Crippen molar-refractivity contribution in [3.05, 3.63) is 41.0 Å². The van der Waals surface area contributed by atoms with Gasteiger partial charge in [0.2, 0.25) is 17.6 Å². The van der Waals surface area contributed by atoms with Gasteiger partial charge in [-0.1, -0.05) is 25.9 Å². The van der Waals surface area contributed by atoms with Crippen molar-refractivity contribution in [2.75, 3.05) is 16.8 Å². The number of hydrogen-bond donors (Lipinski definition) is 1. The van der Waals surface area contributed by atoms with Crippen LogP contribution in [0, 0.1) is 12.7 Å². The highest BCUT2D eigenvalue weighted by atomic mass is 32.1. The molecule has 2 aromatic heterocycles. The van der Waals surface area contributed by atoms with Crippen LogP contribution < -0.4 is 10.2 Å². The first kappa shape index (κ1) is 21.4. The molecule has 1 N–H and O–H groups in total. The molecule has 1 fully saturated rings. The van der Waals surface area contributed by atoms with Gasteiger partial charge in [-0.2, -0.15) is 4.98 Å². The van der Waals surface area contributed by atoms with Crippen LogP contribution in [0.15, 0.2) is 28.1 Å². The average molecular weight is 444 g/mol. The molecule has 7 nitrogen and oxygen atoms in total. The van der Waals surface area contributed by atoms with Crippen LogP contribution in [-0.4, -0.2) is 33.6 Å². The summed E-state index contributed by atoms with van der Waals surface area (Å²) >= 11 is 1.41. The summed E-state index contributed by atoms with van der Waals surface area (Å²) in [5.41, 5.74) is 1.79. The topological polar surface area (TPSA) is 84.2 Å². The fourth-order valence-electron chi connectivity index (χ4n) is 3.65. The molecule has 3 heterocycles. The fourth-order valence-corrected chi connectivity index (χ4v) is 4.59. The third-order valence-corrected chi connectivity index (χ3v) is 6.11. The van der Waals surface area contributed by atoms with Gasteiger partial charge >= 0.3 is 0 Å². The van der Waals surface area contributed by atoms with Crippen LogP contribution in [0.3, 0.4) is 0 Å². The molecular weight excluding hydrogens is 417 g/mol. The Morgan fingerprint density at radius 2 is 2.10 bits per heavy atom. The number of amides is 1. The minimum atomic E-state index is -0.455. The Labute approximate surface area is 184 Å². The highest BCUT2D eigenvalue weighted by Gasteiger charge is 2.31. The Morgan fingerprint density at radius 3 is 2.74 bits per heavy atom. The molecule has 0 radical (unpaired) electrons. The monoisotopic (exact) mass is 443 g/mol. The van der Waals surface area contributed by atoms with E-state index in [2.05, 4.69) is 41.2 Å². The second-order valence-corrected chi connectivity index (χ2v) is 9.64. The number of nitrogens with zero attached hydrogens (tertiary/aromatic N) is 4. The van der Waals surface area contributed by atoms with Crippen molar-refractivity contribution in [1.29, 1.82) is 0 Å². The molecule has 0 spiro atoms. The first-order chi connectivity index (χ1) is 14.7. The molecule has 164 valence electrons. The van der Waals surface area contributed by atoms with E-state index in [1.165, 1.54) is 17.4 Å². The summed E-state index contributed by atoms with van der Waals surface area (Å²) in [4.78, 5) is 23.6. The van der Waals surface area contributed by atoms with Crippen LogP contribution in [0.1, 0.15) is 51.6 Å². The first-order valence-electron chi connectivity index (χ1n) is 10.4. The lowest BCUT2D eigenvalue weighted by Gasteiger charge is -2.36. The number of aromatic nitrogens is 3. The van der Waals surface area contributed by atoms with Gasteiger partial charge < -0.3 is 14.7 Å². The number of hydrogen-bond acceptors (Lipinski definition) is 7. The molecular formula is C22H26FN5O2S. The van der Waals surface area contributed by atoms with E-state index in [4.69, 9.17) is 4.52 Å². The van der Waals surface area contributed by atoms with E-state index in [1.54, 1.807) is 19.1 Å². The van der Waals surface area contributed by atoms with Crippen LogP contribution in [0.4, 0.5) is 15.2 Å². The van der Waals surface area contributed by atoms with E-state index in [0.29, 0.717) is 41.1 Å². The van der Waals surface area contributed by atoms with Gasteiger partial charge in [0.1, 0.15) is 11.9 Å². The van der Waals surface area contributed by atoms with Gasteiger partial charge in [-0.15, -0.1) is 11.3 Å². The van der Waals surface area contributed by atoms with Gasteiger partial charge in [0.25, 0.3) is 0 Å². The Balaban J connectivity index is 1.54. The number of halogens is 1. The quantitative estimate of drug-likeness (QED) is 0.615. The Bertz CT molecular complexity index is 1090. The zero-order valence-corrected chi connectivity index (χ0v) is 18.9. The van der Waals surface area contributed by atoms with Crippen LogP contribution in [-0.2, 0) is 10.2 Å². The van der Waals surface area contributed by atoms with Gasteiger partial charge in [-0.05, 0) is 37.5 Å². The minimum Gasteiger partial charge on any atom is -0.357 e. The van der Waals surface area contributed by atoms with Gasteiger partial charge in [-0.3, -0.25) is 4.79 Å². The predicted molar refractivity (Wildman–Crippen MR) is 119 cm³/mol. The highest BCUT2D eigenvalue weighted by Crippen LogP contribution is 2.31. The van der Waals surface area contributed by atoms with Crippen molar-refractivity contribution in [3.8, 4) is 11.4 Å². The van der Waals surface area contributed by atoms with E-state index in [-0.39, 0.29) is 11.3 Å². The van der Waals surface area contributed by atoms with E-state index < -0.39 is 11.9 Å². The second kappa shape index (κ2) is 8.37. The predicted octanol–water partition coefficient (Wildman–Crippen LogP) is 4.94. The van der Waals surface area contributed by atoms with Gasteiger partial charge in [0, 0.05) is 29.8 Å². The zero-order chi connectivity index (χ0) is 22.2. The molecule has 1 atom stereocenters. The third kappa shape index (κ3) is 4.61. The summed E-state index contributed by atoms with van der Waals surface area (Å²) in [6, 6.07) is 4.37. The fraction of sp³-hybridized carbons (Fsp3) is 0.455. The lowest BCUT2D eigenvalue weighted by atomic mass is 9.93. The summed E-state index contributed by atoms with van der Waals surface area (Å²) in [5, 5.41) is 9.31. The van der Waals surface area contributed by atoms with E-state index >= 15 is 4.39 Å². The zero-order valence-electron chi connectivity index (χ0n) is 18.1. The van der Waals surface area contributed by atoms with Crippen molar-refractivity contribution in [2.45, 2.75) is 58.4 Å². The summed E-state index contributed by atoms with van der Waals surface area (Å²) in [6.45, 7) is 8.54. The van der Waals surface area contributed by atoms with Crippen LogP contribution >= 0.6 is 11.3 Å². The molecule has 9 heteroatoms. The normalized spacial score (nSPS) is 17.1. The molecule has 1 aliphatic heterocycles. The van der Waals surface area contributed by atoms with Crippen LogP contribution in [0.25, 0.3) is 11.4 Å². The van der Waals surface area contributed by atoms with E-state index in [0.717, 1.165) is 18.5 Å². The van der Waals surface area contributed by atoms with E-state index in [1.807, 2.05) is 10.3 Å². The van der Waals surface area contributed by atoms with Crippen molar-refractivity contribution < 1.29 is 13.7 Å². The number of thiazole rings is 1. The molecule has 1 aliphatic rings. The molecule has 4 rings (SSSR count). The summed E-state index contributed by atoms with van der Waals surface area (Å²) < 4.78 is 20.0. The van der Waals surface area contributed by atoms with Gasteiger partial charge in [-0.25, -0.2) is 9.37 Å². The maximum Gasteiger partial charge on any atom is 0.248 e. The lowest BCUT2D eigenvalue weighted by Crippen LogP contribution is -2.47. The molecule has 31 heavy (non-hydrogen) atoms. The third-order valence-electron chi connectivity index (χ3n) is 5.35. The number of anilines is 2. The van der Waals surface area contributed by atoms with Crippen molar-refractivity contribution in [2.24, 2.45) is 0 Å². The maximum absolute atomic E-state index is 15.1. The maximum atomic E-state index is 15.1. The largest absolute Gasteiger partial charge is 0.357 e. The molecule has 0 aliphatic carbocycles. The summed E-state index contributed by atoms with van der Waals surface area (Å²) in [7, 11) is 0. The molecule has 0 bridgehead atoms. The van der Waals surface area contributed by atoms with E-state index in [9.17, 15) is 4.79 Å². The Morgan fingerprint density at radius 1 is 1.29 bits per heavy atom. The number of nitrogens with one attached hydrogen (secondary N) is 1. The summed E-state index contributed by atoms with van der Waals surface area (Å²) in [5.74, 6) is 0.189. The smallest absolute Gasteiger partial charge is 0.248 e. The number of piperidine rings is 1. The second-order valence-electron chi connectivity index (χ2n) is 8.79. The molecule has 1 unspecified atom stereocenters. The van der Waals surface area contributed by atoms with Crippen molar-refractivity contribution >= 4 is 28.1 Å². The Kier molecular flexibility index (Phi) is 5.79. The number of carbonyl (C=O) groups is 1. The van der Waals surface area contributed by atoms with Crippen molar-refractivity contribution in [1.82, 2.24) is 15.1 Å². The van der Waals surface area contributed by atoms with Gasteiger partial charge in [0.05, 0.1) is 11.4 Å². The minimum absolute atomic E-state index is 0.0849. The molecule has 0 saturated carbocycles. The first-order valence-corrected chi connectivity index (χ1v) is 11.2. The molecule has 3 aromatic rings. The average Bonchev–Trinajstić information content (AvgIpc) is 3.37. The molecule has 1 saturated heterocycles. The van der Waals surface area contributed by atoms with Gasteiger partial charge in [0.15, 0.2) is 5.13 Å². The number of rotatable bonds is 4. The number of aryl methyl sites for hydroxylation is 1. The highest BCUT2D eigenvalue weighted by molar-refractivity contribution is 7.14. The number of carbonyl (C=O) groups excluding carboxylic acids is 1. The van der Waals surface area contributed by atoms with Crippen molar-refractivity contribution in [3.63, 3.8) is 0 Å². The summed E-state index contributed by atoms with van der Waals surface area (Å²) in [6.07, 6.45) is 2.48. The Hall–Kier alpha value is -2.81. The molecule has 1 amide bonds. The SMILES string of the molecule is Cc1nc(-c2ccc(N3CCCCC3C(=O)Nc3nc(C(C)(C)C)cs3)c(F)c2)no1. The lowest BCUT2D eigenvalue weighted by molar-refractivity contribution is -0.117. The van der Waals surface area contributed by atoms with Crippen LogP contribution in [0.2, 0.25) is 0 Å². The standard InChI is InChI=1S/C22H26FN5O2S/c1-13-24-19(27-30-13)14-8-9-16(15(23)11-14)28-10-6-5-7-17(28)20(29)26-21-25-18(12-31-21)22(2,3)4/h8-9,11-12,17H,5-7,10H2,1-4H3,(H,25,26,29). The molecule has 1 aromatic carbocycles.